The molecule has 0 aliphatic rings. The van der Waals surface area contributed by atoms with Gasteiger partial charge in [-0.3, -0.25) is 9.59 Å². The first-order chi connectivity index (χ1) is 10.1. The second-order valence-electron chi connectivity index (χ2n) is 4.44. The molecule has 21 heavy (non-hydrogen) atoms. The Morgan fingerprint density at radius 2 is 1.76 bits per heavy atom. The SMILES string of the molecule is O=C(Nc1ccc(Br)cc1)c1coc2ccccc2c1=O. The summed E-state index contributed by atoms with van der Waals surface area (Å²) in [5, 5.41) is 3.06. The predicted molar refractivity (Wildman–Crippen MR) is 84.6 cm³/mol. The third kappa shape index (κ3) is 2.73. The molecule has 1 amide bonds. The van der Waals surface area contributed by atoms with E-state index in [0.717, 1.165) is 4.47 Å². The Bertz CT molecular complexity index is 869. The van der Waals surface area contributed by atoms with Gasteiger partial charge >= 0.3 is 0 Å². The van der Waals surface area contributed by atoms with Crippen LogP contribution in [0.25, 0.3) is 11.0 Å². The van der Waals surface area contributed by atoms with Gasteiger partial charge in [-0.25, -0.2) is 0 Å². The van der Waals surface area contributed by atoms with Crippen molar-refractivity contribution in [1.29, 1.82) is 0 Å². The highest BCUT2D eigenvalue weighted by Gasteiger charge is 2.14. The Hall–Kier alpha value is -2.40. The number of halogens is 1. The summed E-state index contributed by atoms with van der Waals surface area (Å²) in [6.07, 6.45) is 1.19. The lowest BCUT2D eigenvalue weighted by Crippen LogP contribution is -2.21. The highest BCUT2D eigenvalue weighted by atomic mass is 79.9. The quantitative estimate of drug-likeness (QED) is 0.769. The fourth-order valence-corrected chi connectivity index (χ4v) is 2.23. The van der Waals surface area contributed by atoms with Crippen molar-refractivity contribution in [2.75, 3.05) is 5.32 Å². The fraction of sp³-hybridized carbons (Fsp3) is 0. The number of rotatable bonds is 2. The summed E-state index contributed by atoms with van der Waals surface area (Å²) in [6.45, 7) is 0. The van der Waals surface area contributed by atoms with Gasteiger partial charge in [-0.2, -0.15) is 0 Å². The molecule has 0 fully saturated rings. The van der Waals surface area contributed by atoms with Gasteiger partial charge in [0.15, 0.2) is 0 Å². The third-order valence-electron chi connectivity index (χ3n) is 3.03. The van der Waals surface area contributed by atoms with Crippen LogP contribution < -0.4 is 10.7 Å². The van der Waals surface area contributed by atoms with Crippen LogP contribution in [0.2, 0.25) is 0 Å². The van der Waals surface area contributed by atoms with Crippen molar-refractivity contribution in [3.05, 3.63) is 75.1 Å². The molecule has 3 aromatic rings. The number of hydrogen-bond acceptors (Lipinski definition) is 3. The van der Waals surface area contributed by atoms with Crippen LogP contribution >= 0.6 is 15.9 Å². The van der Waals surface area contributed by atoms with Crippen LogP contribution in [0, 0.1) is 0 Å². The van der Waals surface area contributed by atoms with E-state index in [0.29, 0.717) is 16.7 Å². The molecule has 104 valence electrons. The van der Waals surface area contributed by atoms with Gasteiger partial charge in [-0.15, -0.1) is 0 Å². The predicted octanol–water partition coefficient (Wildman–Crippen LogP) is 3.81. The van der Waals surface area contributed by atoms with Crippen LogP contribution in [-0.4, -0.2) is 5.91 Å². The van der Waals surface area contributed by atoms with E-state index in [1.54, 1.807) is 48.5 Å². The van der Waals surface area contributed by atoms with Gasteiger partial charge in [0.1, 0.15) is 17.4 Å². The minimum absolute atomic E-state index is 0.0170. The molecule has 0 saturated carbocycles. The highest BCUT2D eigenvalue weighted by Crippen LogP contribution is 2.15. The molecule has 1 N–H and O–H groups in total. The lowest BCUT2D eigenvalue weighted by Gasteiger charge is -2.05. The molecule has 0 unspecified atom stereocenters. The zero-order valence-electron chi connectivity index (χ0n) is 10.8. The van der Waals surface area contributed by atoms with Crippen LogP contribution in [0.15, 0.2) is 68.5 Å². The molecule has 2 aromatic carbocycles. The van der Waals surface area contributed by atoms with E-state index in [2.05, 4.69) is 21.2 Å². The maximum atomic E-state index is 12.3. The summed E-state index contributed by atoms with van der Waals surface area (Å²) in [7, 11) is 0. The first-order valence-electron chi connectivity index (χ1n) is 6.22. The average molecular weight is 344 g/mol. The summed E-state index contributed by atoms with van der Waals surface area (Å²) < 4.78 is 6.24. The second-order valence-corrected chi connectivity index (χ2v) is 5.35. The number of carbonyl (C=O) groups excluding carboxylic acids is 1. The van der Waals surface area contributed by atoms with Crippen molar-refractivity contribution >= 4 is 38.5 Å². The standard InChI is InChI=1S/C16H10BrNO3/c17-10-5-7-11(8-6-10)18-16(20)13-9-21-14-4-2-1-3-12(14)15(13)19/h1-9H,(H,18,20). The smallest absolute Gasteiger partial charge is 0.262 e. The number of benzene rings is 2. The van der Waals surface area contributed by atoms with Gasteiger partial charge in [0.2, 0.25) is 5.43 Å². The monoisotopic (exact) mass is 343 g/mol. The van der Waals surface area contributed by atoms with Crippen LogP contribution in [0.1, 0.15) is 10.4 Å². The van der Waals surface area contributed by atoms with Gasteiger partial charge in [0, 0.05) is 10.2 Å². The molecule has 0 spiro atoms. The van der Waals surface area contributed by atoms with Crippen molar-refractivity contribution in [2.45, 2.75) is 0 Å². The molecule has 1 heterocycles. The Kier molecular flexibility index (Phi) is 3.58. The molecule has 0 saturated heterocycles. The third-order valence-corrected chi connectivity index (χ3v) is 3.56. The van der Waals surface area contributed by atoms with E-state index in [1.165, 1.54) is 6.26 Å². The van der Waals surface area contributed by atoms with Crippen molar-refractivity contribution in [1.82, 2.24) is 0 Å². The van der Waals surface area contributed by atoms with E-state index in [-0.39, 0.29) is 11.0 Å². The number of fused-ring (bicyclic) bond motifs is 1. The van der Waals surface area contributed by atoms with Crippen molar-refractivity contribution in [2.24, 2.45) is 0 Å². The number of hydrogen-bond donors (Lipinski definition) is 1. The molecule has 4 nitrogen and oxygen atoms in total. The summed E-state index contributed by atoms with van der Waals surface area (Å²) in [5.41, 5.74) is 0.710. The molecule has 1 aromatic heterocycles. The van der Waals surface area contributed by atoms with Gasteiger partial charge in [-0.1, -0.05) is 28.1 Å². The molecule has 0 atom stereocenters. The normalized spacial score (nSPS) is 10.5. The molecule has 3 rings (SSSR count). The van der Waals surface area contributed by atoms with Crippen molar-refractivity contribution in [3.8, 4) is 0 Å². The van der Waals surface area contributed by atoms with E-state index in [1.807, 2.05) is 0 Å². The van der Waals surface area contributed by atoms with Crippen molar-refractivity contribution in [3.63, 3.8) is 0 Å². The van der Waals surface area contributed by atoms with E-state index < -0.39 is 5.91 Å². The maximum Gasteiger partial charge on any atom is 0.262 e. The first-order valence-corrected chi connectivity index (χ1v) is 7.02. The lowest BCUT2D eigenvalue weighted by atomic mass is 10.1. The number of para-hydroxylation sites is 1. The number of amides is 1. The Balaban J connectivity index is 1.96. The maximum absolute atomic E-state index is 12.3. The minimum atomic E-state index is -0.489. The molecule has 0 bridgehead atoms. The second kappa shape index (κ2) is 5.54. The van der Waals surface area contributed by atoms with E-state index in [4.69, 9.17) is 4.42 Å². The highest BCUT2D eigenvalue weighted by molar-refractivity contribution is 9.10. The fourth-order valence-electron chi connectivity index (χ4n) is 1.97. The molecule has 0 aliphatic heterocycles. The molecule has 5 heteroatoms. The van der Waals surface area contributed by atoms with Gasteiger partial charge < -0.3 is 9.73 Å². The summed E-state index contributed by atoms with van der Waals surface area (Å²) in [5.74, 6) is -0.489. The number of nitrogens with one attached hydrogen (secondary N) is 1. The summed E-state index contributed by atoms with van der Waals surface area (Å²) in [6, 6.07) is 13.9. The minimum Gasteiger partial charge on any atom is -0.463 e. The summed E-state index contributed by atoms with van der Waals surface area (Å²) in [4.78, 5) is 24.5. The van der Waals surface area contributed by atoms with Gasteiger partial charge in [0.05, 0.1) is 5.39 Å². The van der Waals surface area contributed by atoms with E-state index >= 15 is 0 Å². The van der Waals surface area contributed by atoms with Crippen molar-refractivity contribution < 1.29 is 9.21 Å². The number of carbonyl (C=O) groups is 1. The Morgan fingerprint density at radius 1 is 1.05 bits per heavy atom. The molecule has 0 aliphatic carbocycles. The topological polar surface area (TPSA) is 59.3 Å². The average Bonchev–Trinajstić information content (AvgIpc) is 2.50. The molecular formula is C16H10BrNO3. The van der Waals surface area contributed by atoms with Crippen LogP contribution in [0.3, 0.4) is 0 Å². The van der Waals surface area contributed by atoms with Crippen LogP contribution in [-0.2, 0) is 0 Å². The Morgan fingerprint density at radius 3 is 2.52 bits per heavy atom. The molecular weight excluding hydrogens is 334 g/mol. The Labute approximate surface area is 128 Å². The molecule has 0 radical (unpaired) electrons. The van der Waals surface area contributed by atoms with Crippen LogP contribution in [0.4, 0.5) is 5.69 Å². The van der Waals surface area contributed by atoms with Crippen LogP contribution in [0.5, 0.6) is 0 Å². The number of anilines is 1. The van der Waals surface area contributed by atoms with Gasteiger partial charge in [0.25, 0.3) is 5.91 Å². The first kappa shape index (κ1) is 13.6. The largest absolute Gasteiger partial charge is 0.463 e. The zero-order valence-corrected chi connectivity index (χ0v) is 12.4. The zero-order chi connectivity index (χ0) is 14.8. The summed E-state index contributed by atoms with van der Waals surface area (Å²) >= 11 is 3.32. The van der Waals surface area contributed by atoms with E-state index in [9.17, 15) is 9.59 Å². The lowest BCUT2D eigenvalue weighted by molar-refractivity contribution is 0.102. The van der Waals surface area contributed by atoms with Gasteiger partial charge in [-0.05, 0) is 36.4 Å².